The van der Waals surface area contributed by atoms with Crippen molar-refractivity contribution >= 4 is 5.69 Å². The van der Waals surface area contributed by atoms with Crippen LogP contribution in [0.1, 0.15) is 16.7 Å². The van der Waals surface area contributed by atoms with E-state index in [1.165, 1.54) is 16.7 Å². The van der Waals surface area contributed by atoms with E-state index < -0.39 is 0 Å². The van der Waals surface area contributed by atoms with Crippen molar-refractivity contribution in [3.63, 3.8) is 0 Å². The number of hydrogen-bond acceptors (Lipinski definition) is 3. The van der Waals surface area contributed by atoms with Gasteiger partial charge in [-0.05, 0) is 42.9 Å². The van der Waals surface area contributed by atoms with Crippen molar-refractivity contribution in [1.82, 2.24) is 4.90 Å². The molecule has 2 aromatic carbocycles. The standard InChI is InChI=1S/C18H24N2O/c1-20(2)13-17-5-4-6-18(11-17)19-12-15-7-9-16(10-8-15)14-21-3/h4-11,19H,12-14H2,1-3H3. The number of methoxy groups -OCH3 is 1. The zero-order valence-electron chi connectivity index (χ0n) is 13.1. The molecule has 2 aromatic rings. The van der Waals surface area contributed by atoms with Gasteiger partial charge in [-0.3, -0.25) is 0 Å². The first-order valence-electron chi connectivity index (χ1n) is 7.21. The van der Waals surface area contributed by atoms with Gasteiger partial charge in [0.15, 0.2) is 0 Å². The molecule has 3 heteroatoms. The van der Waals surface area contributed by atoms with E-state index in [-0.39, 0.29) is 0 Å². The topological polar surface area (TPSA) is 24.5 Å². The van der Waals surface area contributed by atoms with E-state index >= 15 is 0 Å². The molecule has 1 N–H and O–H groups in total. The van der Waals surface area contributed by atoms with Crippen LogP contribution in [0.3, 0.4) is 0 Å². The molecule has 0 saturated heterocycles. The third-order valence-electron chi connectivity index (χ3n) is 3.26. The maximum atomic E-state index is 5.12. The van der Waals surface area contributed by atoms with Gasteiger partial charge in [0.25, 0.3) is 0 Å². The van der Waals surface area contributed by atoms with Gasteiger partial charge in [0.1, 0.15) is 0 Å². The molecule has 0 unspecified atom stereocenters. The van der Waals surface area contributed by atoms with Crippen LogP contribution >= 0.6 is 0 Å². The fourth-order valence-corrected chi connectivity index (χ4v) is 2.27. The summed E-state index contributed by atoms with van der Waals surface area (Å²) in [7, 11) is 5.89. The molecule has 0 spiro atoms. The highest BCUT2D eigenvalue weighted by Gasteiger charge is 1.99. The monoisotopic (exact) mass is 284 g/mol. The Morgan fingerprint density at radius 2 is 1.67 bits per heavy atom. The van der Waals surface area contributed by atoms with Crippen LogP contribution < -0.4 is 5.32 Å². The number of ether oxygens (including phenoxy) is 1. The van der Waals surface area contributed by atoms with Crippen molar-refractivity contribution < 1.29 is 4.74 Å². The molecule has 0 saturated carbocycles. The van der Waals surface area contributed by atoms with E-state index in [1.807, 2.05) is 0 Å². The summed E-state index contributed by atoms with van der Waals surface area (Å²) in [6.45, 7) is 2.46. The van der Waals surface area contributed by atoms with Crippen LogP contribution in [0.15, 0.2) is 48.5 Å². The predicted octanol–water partition coefficient (Wildman–Crippen LogP) is 3.51. The first-order valence-corrected chi connectivity index (χ1v) is 7.21. The molecule has 0 aliphatic rings. The number of rotatable bonds is 7. The first-order chi connectivity index (χ1) is 10.2. The fraction of sp³-hybridized carbons (Fsp3) is 0.333. The highest BCUT2D eigenvalue weighted by Crippen LogP contribution is 2.14. The molecule has 0 amide bonds. The molecule has 0 fully saturated rings. The number of hydrogen-bond donors (Lipinski definition) is 1. The van der Waals surface area contributed by atoms with Crippen LogP contribution in [0.5, 0.6) is 0 Å². The minimum Gasteiger partial charge on any atom is -0.381 e. The smallest absolute Gasteiger partial charge is 0.0713 e. The van der Waals surface area contributed by atoms with Crippen molar-refractivity contribution in [2.24, 2.45) is 0 Å². The van der Waals surface area contributed by atoms with Gasteiger partial charge in [0, 0.05) is 25.9 Å². The lowest BCUT2D eigenvalue weighted by molar-refractivity contribution is 0.185. The second-order valence-corrected chi connectivity index (χ2v) is 5.54. The average Bonchev–Trinajstić information content (AvgIpc) is 2.47. The van der Waals surface area contributed by atoms with Gasteiger partial charge in [0.05, 0.1) is 6.61 Å². The van der Waals surface area contributed by atoms with E-state index in [2.05, 4.69) is 72.8 Å². The zero-order chi connectivity index (χ0) is 15.1. The van der Waals surface area contributed by atoms with E-state index in [4.69, 9.17) is 4.74 Å². The van der Waals surface area contributed by atoms with Crippen LogP contribution in [0.4, 0.5) is 5.69 Å². The van der Waals surface area contributed by atoms with Gasteiger partial charge >= 0.3 is 0 Å². The SMILES string of the molecule is COCc1ccc(CNc2cccc(CN(C)C)c2)cc1. The van der Waals surface area contributed by atoms with Gasteiger partial charge < -0.3 is 15.0 Å². The summed E-state index contributed by atoms with van der Waals surface area (Å²) < 4.78 is 5.12. The highest BCUT2D eigenvalue weighted by atomic mass is 16.5. The van der Waals surface area contributed by atoms with Crippen molar-refractivity contribution in [3.8, 4) is 0 Å². The number of nitrogens with zero attached hydrogens (tertiary/aromatic N) is 1. The Bertz CT molecular complexity index is 549. The Balaban J connectivity index is 1.93. The van der Waals surface area contributed by atoms with E-state index in [0.29, 0.717) is 6.61 Å². The molecular weight excluding hydrogens is 260 g/mol. The predicted molar refractivity (Wildman–Crippen MR) is 88.3 cm³/mol. The van der Waals surface area contributed by atoms with Crippen molar-refractivity contribution in [2.45, 2.75) is 19.7 Å². The van der Waals surface area contributed by atoms with Crippen LogP contribution in [0, 0.1) is 0 Å². The summed E-state index contributed by atoms with van der Waals surface area (Å²) >= 11 is 0. The third-order valence-corrected chi connectivity index (χ3v) is 3.26. The van der Waals surface area contributed by atoms with Crippen molar-refractivity contribution in [1.29, 1.82) is 0 Å². The van der Waals surface area contributed by atoms with E-state index in [1.54, 1.807) is 7.11 Å². The zero-order valence-corrected chi connectivity index (χ0v) is 13.1. The van der Waals surface area contributed by atoms with Crippen LogP contribution in [-0.2, 0) is 24.4 Å². The quantitative estimate of drug-likeness (QED) is 0.842. The molecule has 0 aliphatic carbocycles. The Morgan fingerprint density at radius 1 is 0.952 bits per heavy atom. The minimum absolute atomic E-state index is 0.667. The number of benzene rings is 2. The second-order valence-electron chi connectivity index (χ2n) is 5.54. The lowest BCUT2D eigenvalue weighted by Gasteiger charge is -2.12. The molecule has 21 heavy (non-hydrogen) atoms. The van der Waals surface area contributed by atoms with Crippen LogP contribution in [0.25, 0.3) is 0 Å². The van der Waals surface area contributed by atoms with Crippen LogP contribution in [-0.4, -0.2) is 26.1 Å². The maximum Gasteiger partial charge on any atom is 0.0713 e. The van der Waals surface area contributed by atoms with Crippen LogP contribution in [0.2, 0.25) is 0 Å². The highest BCUT2D eigenvalue weighted by molar-refractivity contribution is 5.46. The lowest BCUT2D eigenvalue weighted by Crippen LogP contribution is -2.10. The summed E-state index contributed by atoms with van der Waals surface area (Å²) in [6, 6.07) is 17.1. The summed E-state index contributed by atoms with van der Waals surface area (Å²) in [5, 5.41) is 3.48. The minimum atomic E-state index is 0.667. The van der Waals surface area contributed by atoms with Gasteiger partial charge in [-0.2, -0.15) is 0 Å². The Hall–Kier alpha value is -1.84. The summed E-state index contributed by atoms with van der Waals surface area (Å²) in [6.07, 6.45) is 0. The molecule has 2 rings (SSSR count). The van der Waals surface area contributed by atoms with Gasteiger partial charge in [-0.15, -0.1) is 0 Å². The van der Waals surface area contributed by atoms with Gasteiger partial charge in [0.2, 0.25) is 0 Å². The molecule has 112 valence electrons. The molecule has 0 aromatic heterocycles. The molecule has 0 aliphatic heterocycles. The summed E-state index contributed by atoms with van der Waals surface area (Å²) in [5.74, 6) is 0. The Kier molecular flexibility index (Phi) is 5.78. The van der Waals surface area contributed by atoms with Gasteiger partial charge in [-0.25, -0.2) is 0 Å². The second kappa shape index (κ2) is 7.81. The molecule has 0 bridgehead atoms. The number of anilines is 1. The lowest BCUT2D eigenvalue weighted by atomic mass is 10.1. The first kappa shape index (κ1) is 15.5. The van der Waals surface area contributed by atoms with E-state index in [9.17, 15) is 0 Å². The normalized spacial score (nSPS) is 10.9. The number of nitrogens with one attached hydrogen (secondary N) is 1. The Morgan fingerprint density at radius 3 is 2.33 bits per heavy atom. The third kappa shape index (κ3) is 5.21. The van der Waals surface area contributed by atoms with Gasteiger partial charge in [-0.1, -0.05) is 36.4 Å². The molecule has 0 radical (unpaired) electrons. The molecule has 0 atom stereocenters. The average molecular weight is 284 g/mol. The molecule has 3 nitrogen and oxygen atoms in total. The summed E-state index contributed by atoms with van der Waals surface area (Å²) in [4.78, 5) is 2.17. The fourth-order valence-electron chi connectivity index (χ4n) is 2.27. The summed E-state index contributed by atoms with van der Waals surface area (Å²) in [5.41, 5.74) is 4.96. The molecular formula is C18H24N2O. The molecule has 0 heterocycles. The maximum absolute atomic E-state index is 5.12. The van der Waals surface area contributed by atoms with Crippen molar-refractivity contribution in [2.75, 3.05) is 26.5 Å². The van der Waals surface area contributed by atoms with E-state index in [0.717, 1.165) is 18.8 Å². The largest absolute Gasteiger partial charge is 0.381 e. The van der Waals surface area contributed by atoms with Crippen molar-refractivity contribution in [3.05, 3.63) is 65.2 Å². The Labute approximate surface area is 127 Å².